The Labute approximate surface area is 143 Å². The number of hydrogen-bond donors (Lipinski definition) is 0. The molecule has 0 saturated carbocycles. The minimum atomic E-state index is -0.313. The summed E-state index contributed by atoms with van der Waals surface area (Å²) >= 11 is 3.46. The minimum absolute atomic E-state index is 0.189. The highest BCUT2D eigenvalue weighted by molar-refractivity contribution is 9.12. The van der Waals surface area contributed by atoms with Gasteiger partial charge < -0.3 is 4.74 Å². The molecule has 2 atom stereocenters. The average Bonchev–Trinajstić information content (AvgIpc) is 2.49. The summed E-state index contributed by atoms with van der Waals surface area (Å²) in [4.78, 5) is 12.8. The van der Waals surface area contributed by atoms with Crippen molar-refractivity contribution < 1.29 is 9.53 Å². The van der Waals surface area contributed by atoms with Gasteiger partial charge in [0.2, 0.25) is 0 Å². The number of carbonyl (C=O) groups excluding carboxylic acids is 1. The van der Waals surface area contributed by atoms with Gasteiger partial charge in [-0.2, -0.15) is 0 Å². The molecule has 0 aliphatic heterocycles. The van der Waals surface area contributed by atoms with E-state index in [0.717, 1.165) is 37.9 Å². The quantitative estimate of drug-likeness (QED) is 0.391. The van der Waals surface area contributed by atoms with E-state index in [0.29, 0.717) is 17.0 Å². The summed E-state index contributed by atoms with van der Waals surface area (Å²) in [7, 11) is 0. The van der Waals surface area contributed by atoms with Gasteiger partial charge in [-0.1, -0.05) is 31.6 Å². The second kappa shape index (κ2) is 8.71. The predicted octanol–water partition coefficient (Wildman–Crippen LogP) is 5.94. The third kappa shape index (κ3) is 4.58. The molecule has 1 rings (SSSR count). The zero-order valence-electron chi connectivity index (χ0n) is 14.4. The van der Waals surface area contributed by atoms with Gasteiger partial charge in [-0.15, -0.1) is 6.58 Å². The second-order valence-electron chi connectivity index (χ2n) is 6.44. The minimum Gasteiger partial charge on any atom is -0.497 e. The highest BCUT2D eigenvalue weighted by Gasteiger charge is 2.44. The summed E-state index contributed by atoms with van der Waals surface area (Å²) in [6, 6.07) is 0. The van der Waals surface area contributed by atoms with Crippen molar-refractivity contribution in [1.82, 2.24) is 0 Å². The van der Waals surface area contributed by atoms with Gasteiger partial charge in [-0.3, -0.25) is 4.79 Å². The Hall–Kier alpha value is -0.830. The van der Waals surface area contributed by atoms with E-state index >= 15 is 0 Å². The maximum Gasteiger partial charge on any atom is 0.179 e. The Bertz CT molecular complexity index is 476. The number of hydrogen-bond acceptors (Lipinski definition) is 2. The summed E-state index contributed by atoms with van der Waals surface area (Å²) in [5.74, 6) is 1.30. The van der Waals surface area contributed by atoms with Crippen LogP contribution in [0.3, 0.4) is 0 Å². The lowest BCUT2D eigenvalue weighted by Gasteiger charge is -2.39. The van der Waals surface area contributed by atoms with E-state index in [-0.39, 0.29) is 11.2 Å². The molecule has 0 aromatic rings. The fourth-order valence-electron chi connectivity index (χ4n) is 2.86. The molecule has 0 bridgehead atoms. The topological polar surface area (TPSA) is 26.3 Å². The first-order valence-electron chi connectivity index (χ1n) is 8.19. The number of carbonyl (C=O) groups is 1. The van der Waals surface area contributed by atoms with Crippen molar-refractivity contribution in [2.75, 3.05) is 6.61 Å². The van der Waals surface area contributed by atoms with Gasteiger partial charge in [-0.25, -0.2) is 0 Å². The summed E-state index contributed by atoms with van der Waals surface area (Å²) in [5, 5.41) is 0. The molecule has 1 aliphatic rings. The van der Waals surface area contributed by atoms with Crippen LogP contribution >= 0.6 is 15.9 Å². The summed E-state index contributed by atoms with van der Waals surface area (Å²) in [6.07, 6.45) is 8.93. The van der Waals surface area contributed by atoms with Crippen LogP contribution in [-0.4, -0.2) is 12.4 Å². The molecule has 0 aromatic heterocycles. The van der Waals surface area contributed by atoms with E-state index in [9.17, 15) is 4.79 Å². The summed E-state index contributed by atoms with van der Waals surface area (Å²) < 4.78 is 6.25. The van der Waals surface area contributed by atoms with Crippen LogP contribution in [0, 0.1) is 11.3 Å². The number of Topliss-reactive ketones (excluding diaryl/α,β-unsaturated/α-hetero) is 1. The number of rotatable bonds is 8. The maximum atomic E-state index is 12.8. The average molecular weight is 369 g/mol. The zero-order valence-corrected chi connectivity index (χ0v) is 16.0. The first kappa shape index (κ1) is 19.2. The van der Waals surface area contributed by atoms with E-state index in [2.05, 4.69) is 49.4 Å². The lowest BCUT2D eigenvalue weighted by molar-refractivity contribution is -0.127. The highest BCUT2D eigenvalue weighted by atomic mass is 79.9. The van der Waals surface area contributed by atoms with Crippen LogP contribution in [-0.2, 0) is 9.53 Å². The van der Waals surface area contributed by atoms with Crippen LogP contribution in [0.1, 0.15) is 59.8 Å². The molecule has 0 fully saturated rings. The zero-order chi connectivity index (χ0) is 16.8. The number of halogens is 1. The van der Waals surface area contributed by atoms with E-state index < -0.39 is 0 Å². The van der Waals surface area contributed by atoms with Crippen LogP contribution in [0.25, 0.3) is 0 Å². The first-order valence-corrected chi connectivity index (χ1v) is 8.98. The Morgan fingerprint density at radius 1 is 1.50 bits per heavy atom. The van der Waals surface area contributed by atoms with Crippen molar-refractivity contribution in [1.29, 1.82) is 0 Å². The molecular formula is C19H29BrO2. The van der Waals surface area contributed by atoms with Gasteiger partial charge in [0.25, 0.3) is 0 Å². The maximum absolute atomic E-state index is 12.8. The van der Waals surface area contributed by atoms with Crippen molar-refractivity contribution in [2.45, 2.75) is 59.8 Å². The molecule has 0 saturated heterocycles. The molecule has 0 amide bonds. The molecule has 0 spiro atoms. The SMILES string of the molecule is C=CCC/C=C(\C)CC[C@@]1(C)C(=O)C(Br)=C(OCC)C[C@H]1C. The molecule has 2 nitrogen and oxygen atoms in total. The molecule has 22 heavy (non-hydrogen) atoms. The highest BCUT2D eigenvalue weighted by Crippen LogP contribution is 2.46. The van der Waals surface area contributed by atoms with E-state index in [1.807, 2.05) is 13.0 Å². The van der Waals surface area contributed by atoms with Crippen LogP contribution in [0.15, 0.2) is 34.5 Å². The molecule has 0 aromatic carbocycles. The third-order valence-electron chi connectivity index (χ3n) is 4.76. The van der Waals surface area contributed by atoms with Gasteiger partial charge in [0.1, 0.15) is 5.76 Å². The number of ketones is 1. The van der Waals surface area contributed by atoms with Crippen molar-refractivity contribution in [3.8, 4) is 0 Å². The summed E-state index contributed by atoms with van der Waals surface area (Å²) in [5.41, 5.74) is 1.05. The largest absolute Gasteiger partial charge is 0.497 e. The lowest BCUT2D eigenvalue weighted by Crippen LogP contribution is -2.39. The first-order chi connectivity index (χ1) is 10.4. The summed E-state index contributed by atoms with van der Waals surface area (Å²) in [6.45, 7) is 12.7. The van der Waals surface area contributed by atoms with Gasteiger partial charge >= 0.3 is 0 Å². The van der Waals surface area contributed by atoms with Crippen LogP contribution < -0.4 is 0 Å². The van der Waals surface area contributed by atoms with Crippen LogP contribution in [0.4, 0.5) is 0 Å². The number of unbranched alkanes of at least 4 members (excludes halogenated alkanes) is 1. The second-order valence-corrected chi connectivity index (χ2v) is 7.23. The van der Waals surface area contributed by atoms with Crippen LogP contribution in [0.5, 0.6) is 0 Å². The van der Waals surface area contributed by atoms with Crippen molar-refractivity contribution in [3.63, 3.8) is 0 Å². The monoisotopic (exact) mass is 368 g/mol. The Balaban J connectivity index is 2.78. The lowest BCUT2D eigenvalue weighted by atomic mass is 9.66. The molecule has 124 valence electrons. The standard InChI is InChI=1S/C19H29BrO2/c1-6-8-9-10-14(3)11-12-19(5)15(4)13-16(22-7-2)17(20)18(19)21/h6,10,15H,1,7-9,11-13H2,2-5H3/b14-10+/t15-,19-/m1/s1. The van der Waals surface area contributed by atoms with Crippen molar-refractivity contribution in [2.24, 2.45) is 11.3 Å². The fraction of sp³-hybridized carbons (Fsp3) is 0.632. The van der Waals surface area contributed by atoms with E-state index in [1.54, 1.807) is 0 Å². The molecule has 1 aliphatic carbocycles. The molecule has 0 unspecified atom stereocenters. The Kier molecular flexibility index (Phi) is 7.61. The molecule has 3 heteroatoms. The van der Waals surface area contributed by atoms with Gasteiger partial charge in [0.15, 0.2) is 5.78 Å². The van der Waals surface area contributed by atoms with Gasteiger partial charge in [-0.05, 0) is 61.4 Å². The Morgan fingerprint density at radius 3 is 2.77 bits per heavy atom. The number of allylic oxidation sites excluding steroid dienone is 5. The van der Waals surface area contributed by atoms with E-state index in [4.69, 9.17) is 4.74 Å². The van der Waals surface area contributed by atoms with Gasteiger partial charge in [0, 0.05) is 11.8 Å². The Morgan fingerprint density at radius 2 is 2.18 bits per heavy atom. The van der Waals surface area contributed by atoms with Crippen molar-refractivity contribution in [3.05, 3.63) is 34.5 Å². The normalized spacial score (nSPS) is 26.3. The predicted molar refractivity (Wildman–Crippen MR) is 96.9 cm³/mol. The van der Waals surface area contributed by atoms with Crippen LogP contribution in [0.2, 0.25) is 0 Å². The fourth-order valence-corrected chi connectivity index (χ4v) is 3.59. The molecular weight excluding hydrogens is 340 g/mol. The third-order valence-corrected chi connectivity index (χ3v) is 5.57. The molecule has 0 heterocycles. The van der Waals surface area contributed by atoms with Gasteiger partial charge in [0.05, 0.1) is 11.1 Å². The molecule has 0 radical (unpaired) electrons. The molecule has 0 N–H and O–H groups in total. The smallest absolute Gasteiger partial charge is 0.179 e. The number of ether oxygens (including phenoxy) is 1. The van der Waals surface area contributed by atoms with E-state index in [1.165, 1.54) is 5.57 Å². The van der Waals surface area contributed by atoms with Crippen molar-refractivity contribution >= 4 is 21.7 Å².